The number of aromatic hydroxyl groups is 2. The number of benzene rings is 1. The van der Waals surface area contributed by atoms with Gasteiger partial charge in [0.15, 0.2) is 0 Å². The van der Waals surface area contributed by atoms with Crippen molar-refractivity contribution in [3.05, 3.63) is 17.5 Å². The molecule has 0 aliphatic heterocycles. The number of rotatable bonds is 0. The summed E-state index contributed by atoms with van der Waals surface area (Å²) in [6.45, 7) is 0. The van der Waals surface area contributed by atoms with Gasteiger partial charge in [-0.3, -0.25) is 0 Å². The molecule has 0 aliphatic rings. The maximum Gasteiger partial charge on any atom is 0.139 e. The summed E-state index contributed by atoms with van der Waals surface area (Å²) in [7, 11) is 0. The largest absolute Gasteiger partial charge is 0.506 e. The van der Waals surface area contributed by atoms with Gasteiger partial charge in [0.05, 0.1) is 11.1 Å². The molecule has 4 heteroatoms. The van der Waals surface area contributed by atoms with Crippen molar-refractivity contribution in [2.45, 2.75) is 0 Å². The highest BCUT2D eigenvalue weighted by Gasteiger charge is 2.08. The Kier molecular flexibility index (Phi) is 1.38. The van der Waals surface area contributed by atoms with Gasteiger partial charge < -0.3 is 15.9 Å². The van der Waals surface area contributed by atoms with E-state index >= 15 is 0 Å². The molecule has 0 fully saturated rings. The Balaban J connectivity index is 2.96. The van der Waals surface area contributed by atoms with Crippen molar-refractivity contribution in [2.75, 3.05) is 5.73 Å². The third kappa shape index (κ3) is 0.816. The van der Waals surface area contributed by atoms with E-state index in [0.717, 1.165) is 4.70 Å². The molecule has 4 N–H and O–H groups in total. The third-order valence-corrected chi connectivity index (χ3v) is 2.67. The van der Waals surface area contributed by atoms with Gasteiger partial charge in [-0.1, -0.05) is 0 Å². The average molecular weight is 181 g/mol. The van der Waals surface area contributed by atoms with Crippen LogP contribution in [0.25, 0.3) is 10.1 Å². The Morgan fingerprint density at radius 3 is 2.67 bits per heavy atom. The molecule has 62 valence electrons. The molecule has 0 amide bonds. The van der Waals surface area contributed by atoms with E-state index in [1.165, 1.54) is 17.4 Å². The van der Waals surface area contributed by atoms with Crippen molar-refractivity contribution in [2.24, 2.45) is 0 Å². The molecule has 1 heterocycles. The summed E-state index contributed by atoms with van der Waals surface area (Å²) in [5.74, 6) is 0.139. The first-order valence-corrected chi connectivity index (χ1v) is 4.25. The summed E-state index contributed by atoms with van der Waals surface area (Å²) in [6, 6.07) is 3.25. The van der Waals surface area contributed by atoms with Crippen molar-refractivity contribution in [1.82, 2.24) is 0 Å². The molecule has 0 bridgehead atoms. The van der Waals surface area contributed by atoms with Gasteiger partial charge in [0.1, 0.15) is 11.5 Å². The molecule has 2 rings (SSSR count). The molecule has 3 nitrogen and oxygen atoms in total. The number of phenols is 1. The maximum absolute atomic E-state index is 9.34. The Bertz CT molecular complexity index is 436. The van der Waals surface area contributed by atoms with Gasteiger partial charge in [0.2, 0.25) is 0 Å². The second-order valence-electron chi connectivity index (χ2n) is 2.49. The number of nitrogens with two attached hydrogens (primary N) is 1. The van der Waals surface area contributed by atoms with E-state index in [9.17, 15) is 10.2 Å². The second kappa shape index (κ2) is 2.28. The van der Waals surface area contributed by atoms with Crippen LogP contribution in [-0.2, 0) is 0 Å². The highest BCUT2D eigenvalue weighted by atomic mass is 32.1. The Morgan fingerprint density at radius 2 is 1.92 bits per heavy atom. The highest BCUT2D eigenvalue weighted by molar-refractivity contribution is 7.17. The standard InChI is InChI=1S/C8H7NO2S/c9-8-4(10)1-2-6-7(8)5(11)3-12-6/h1-3,10-11H,9H2. The lowest BCUT2D eigenvalue weighted by molar-refractivity contribution is 0.475. The van der Waals surface area contributed by atoms with Gasteiger partial charge in [-0.15, -0.1) is 11.3 Å². The number of fused-ring (bicyclic) bond motifs is 1. The lowest BCUT2D eigenvalue weighted by atomic mass is 10.2. The lowest BCUT2D eigenvalue weighted by Gasteiger charge is -1.99. The topological polar surface area (TPSA) is 66.5 Å². The molecule has 0 spiro atoms. The van der Waals surface area contributed by atoms with Crippen molar-refractivity contribution >= 4 is 27.1 Å². The normalized spacial score (nSPS) is 10.7. The van der Waals surface area contributed by atoms with E-state index < -0.39 is 0 Å². The fourth-order valence-electron chi connectivity index (χ4n) is 1.13. The molecule has 12 heavy (non-hydrogen) atoms. The van der Waals surface area contributed by atoms with E-state index in [0.29, 0.717) is 5.39 Å². The first-order valence-electron chi connectivity index (χ1n) is 3.38. The van der Waals surface area contributed by atoms with E-state index in [-0.39, 0.29) is 17.2 Å². The van der Waals surface area contributed by atoms with Crippen molar-refractivity contribution in [3.8, 4) is 11.5 Å². The van der Waals surface area contributed by atoms with Gasteiger partial charge in [-0.2, -0.15) is 0 Å². The first-order chi connectivity index (χ1) is 5.70. The summed E-state index contributed by atoms with van der Waals surface area (Å²) in [4.78, 5) is 0. The summed E-state index contributed by atoms with van der Waals surface area (Å²) in [5, 5.41) is 20.7. The number of hydrogen-bond donors (Lipinski definition) is 3. The molecule has 2 aromatic rings. The molecule has 1 aromatic carbocycles. The van der Waals surface area contributed by atoms with Crippen LogP contribution in [0.1, 0.15) is 0 Å². The smallest absolute Gasteiger partial charge is 0.139 e. The summed E-state index contributed by atoms with van der Waals surface area (Å²) in [5.41, 5.74) is 5.80. The van der Waals surface area contributed by atoms with Crippen molar-refractivity contribution < 1.29 is 10.2 Å². The van der Waals surface area contributed by atoms with Crippen LogP contribution < -0.4 is 5.73 Å². The summed E-state index contributed by atoms with van der Waals surface area (Å²) in [6.07, 6.45) is 0. The number of phenolic OH excluding ortho intramolecular Hbond substituents is 1. The Labute approximate surface area is 72.7 Å². The first kappa shape index (κ1) is 7.24. The van der Waals surface area contributed by atoms with Crippen LogP contribution >= 0.6 is 11.3 Å². The fraction of sp³-hybridized carbons (Fsp3) is 0. The molecular formula is C8H7NO2S. The Hall–Kier alpha value is -1.42. The molecule has 0 atom stereocenters. The zero-order chi connectivity index (χ0) is 8.72. The average Bonchev–Trinajstić information content (AvgIpc) is 2.41. The molecule has 0 unspecified atom stereocenters. The number of nitrogen functional groups attached to an aromatic ring is 1. The zero-order valence-electron chi connectivity index (χ0n) is 6.11. The monoisotopic (exact) mass is 181 g/mol. The van der Waals surface area contributed by atoms with Gasteiger partial charge in [-0.05, 0) is 12.1 Å². The van der Waals surface area contributed by atoms with E-state index in [1.807, 2.05) is 0 Å². The molecule has 1 aromatic heterocycles. The highest BCUT2D eigenvalue weighted by Crippen LogP contribution is 2.39. The SMILES string of the molecule is Nc1c(O)ccc2scc(O)c12. The predicted octanol–water partition coefficient (Wildman–Crippen LogP) is 1.89. The van der Waals surface area contributed by atoms with Crippen LogP contribution in [0.5, 0.6) is 11.5 Å². The second-order valence-corrected chi connectivity index (χ2v) is 3.40. The van der Waals surface area contributed by atoms with Crippen molar-refractivity contribution in [1.29, 1.82) is 0 Å². The molecule has 0 aliphatic carbocycles. The van der Waals surface area contributed by atoms with Crippen LogP contribution in [0.15, 0.2) is 17.5 Å². The quantitative estimate of drug-likeness (QED) is 0.429. The van der Waals surface area contributed by atoms with E-state index in [4.69, 9.17) is 5.73 Å². The maximum atomic E-state index is 9.34. The zero-order valence-corrected chi connectivity index (χ0v) is 6.93. The van der Waals surface area contributed by atoms with Crippen LogP contribution in [-0.4, -0.2) is 10.2 Å². The molecular weight excluding hydrogens is 174 g/mol. The van der Waals surface area contributed by atoms with Gasteiger partial charge >= 0.3 is 0 Å². The molecule has 0 saturated carbocycles. The fourth-order valence-corrected chi connectivity index (χ4v) is 1.96. The van der Waals surface area contributed by atoms with Crippen LogP contribution in [0.2, 0.25) is 0 Å². The minimum atomic E-state index is 0.0104. The number of hydrogen-bond acceptors (Lipinski definition) is 4. The van der Waals surface area contributed by atoms with Gasteiger partial charge in [0, 0.05) is 10.1 Å². The molecule has 0 saturated heterocycles. The third-order valence-electron chi connectivity index (χ3n) is 1.74. The van der Waals surface area contributed by atoms with Crippen LogP contribution in [0, 0.1) is 0 Å². The lowest BCUT2D eigenvalue weighted by Crippen LogP contribution is -1.85. The van der Waals surface area contributed by atoms with Crippen molar-refractivity contribution in [3.63, 3.8) is 0 Å². The number of anilines is 1. The molecule has 0 radical (unpaired) electrons. The Morgan fingerprint density at radius 1 is 1.17 bits per heavy atom. The van der Waals surface area contributed by atoms with Crippen LogP contribution in [0.3, 0.4) is 0 Å². The van der Waals surface area contributed by atoms with Crippen LogP contribution in [0.4, 0.5) is 5.69 Å². The minimum Gasteiger partial charge on any atom is -0.506 e. The van der Waals surface area contributed by atoms with Gasteiger partial charge in [0.25, 0.3) is 0 Å². The summed E-state index contributed by atoms with van der Waals surface area (Å²) < 4.78 is 0.878. The van der Waals surface area contributed by atoms with Gasteiger partial charge in [-0.25, -0.2) is 0 Å². The minimum absolute atomic E-state index is 0.0104. The predicted molar refractivity (Wildman–Crippen MR) is 49.6 cm³/mol. The van der Waals surface area contributed by atoms with E-state index in [1.54, 1.807) is 11.4 Å². The van der Waals surface area contributed by atoms with E-state index in [2.05, 4.69) is 0 Å². The number of thiophene rings is 1. The summed E-state index contributed by atoms with van der Waals surface area (Å²) >= 11 is 1.40.